The molecule has 1 aromatic heterocycles. The van der Waals surface area contributed by atoms with Gasteiger partial charge in [0.05, 0.1) is 18.1 Å². The van der Waals surface area contributed by atoms with E-state index in [0.29, 0.717) is 10.9 Å². The molecule has 98 valence electrons. The molecular weight excluding hydrogens is 252 g/mol. The molecule has 1 fully saturated rings. The summed E-state index contributed by atoms with van der Waals surface area (Å²) >= 11 is 6.11. The summed E-state index contributed by atoms with van der Waals surface area (Å²) in [6.07, 6.45) is 3.71. The fraction of sp³-hybridized carbons (Fsp3) is 0.538. The van der Waals surface area contributed by atoms with Crippen molar-refractivity contribution in [1.82, 2.24) is 9.88 Å². The number of halogens is 1. The standard InChI is InChI=1S/C13H17ClN2O2/c1-9(13(17)16-5-3-4-6-16)10-7-12(18-2)15-8-11(10)14/h7-9H,3-6H2,1-2H3/t9-/m1/s1. The monoisotopic (exact) mass is 268 g/mol. The number of aromatic nitrogens is 1. The van der Waals surface area contributed by atoms with Gasteiger partial charge < -0.3 is 9.64 Å². The van der Waals surface area contributed by atoms with Crippen molar-refractivity contribution in [1.29, 1.82) is 0 Å². The zero-order valence-electron chi connectivity index (χ0n) is 10.6. The van der Waals surface area contributed by atoms with Crippen LogP contribution in [0.5, 0.6) is 5.88 Å². The van der Waals surface area contributed by atoms with Crippen molar-refractivity contribution in [3.05, 3.63) is 22.8 Å². The van der Waals surface area contributed by atoms with Gasteiger partial charge in [-0.25, -0.2) is 4.98 Å². The third-order valence-electron chi connectivity index (χ3n) is 3.32. The van der Waals surface area contributed by atoms with E-state index in [-0.39, 0.29) is 11.8 Å². The fourth-order valence-electron chi connectivity index (χ4n) is 2.22. The molecule has 0 unspecified atom stereocenters. The first-order valence-corrected chi connectivity index (χ1v) is 6.49. The van der Waals surface area contributed by atoms with Gasteiger partial charge in [-0.15, -0.1) is 0 Å². The Balaban J connectivity index is 2.21. The van der Waals surface area contributed by atoms with E-state index in [0.717, 1.165) is 31.5 Å². The summed E-state index contributed by atoms with van der Waals surface area (Å²) in [6.45, 7) is 3.58. The Bertz CT molecular complexity index is 445. The topological polar surface area (TPSA) is 42.4 Å². The van der Waals surface area contributed by atoms with Crippen LogP contribution >= 0.6 is 11.6 Å². The van der Waals surface area contributed by atoms with Crippen molar-refractivity contribution in [3.8, 4) is 5.88 Å². The second-order valence-corrected chi connectivity index (χ2v) is 4.91. The number of hydrogen-bond acceptors (Lipinski definition) is 3. The number of nitrogens with zero attached hydrogens (tertiary/aromatic N) is 2. The summed E-state index contributed by atoms with van der Waals surface area (Å²) in [5.74, 6) is 0.352. The van der Waals surface area contributed by atoms with Crippen LogP contribution in [0.3, 0.4) is 0 Å². The molecule has 1 aliphatic rings. The number of methoxy groups -OCH3 is 1. The predicted octanol–water partition coefficient (Wildman–Crippen LogP) is 2.47. The molecule has 0 aromatic carbocycles. The van der Waals surface area contributed by atoms with Gasteiger partial charge in [0.2, 0.25) is 11.8 Å². The maximum Gasteiger partial charge on any atom is 0.229 e. The lowest BCUT2D eigenvalue weighted by molar-refractivity contribution is -0.131. The number of carbonyl (C=O) groups excluding carboxylic acids is 1. The lowest BCUT2D eigenvalue weighted by Crippen LogP contribution is -2.31. The molecule has 2 heterocycles. The molecule has 1 aromatic rings. The van der Waals surface area contributed by atoms with E-state index in [1.54, 1.807) is 13.2 Å². The van der Waals surface area contributed by atoms with Crippen molar-refractivity contribution < 1.29 is 9.53 Å². The van der Waals surface area contributed by atoms with Gasteiger partial charge >= 0.3 is 0 Å². The van der Waals surface area contributed by atoms with Crippen LogP contribution in [-0.4, -0.2) is 36.0 Å². The largest absolute Gasteiger partial charge is 0.481 e. The zero-order valence-corrected chi connectivity index (χ0v) is 11.4. The number of pyridine rings is 1. The highest BCUT2D eigenvalue weighted by Crippen LogP contribution is 2.29. The molecule has 1 aliphatic heterocycles. The molecule has 0 N–H and O–H groups in total. The van der Waals surface area contributed by atoms with E-state index >= 15 is 0 Å². The second-order valence-electron chi connectivity index (χ2n) is 4.50. The minimum atomic E-state index is -0.257. The molecule has 0 saturated carbocycles. The average molecular weight is 269 g/mol. The summed E-state index contributed by atoms with van der Waals surface area (Å²) < 4.78 is 5.07. The minimum Gasteiger partial charge on any atom is -0.481 e. The van der Waals surface area contributed by atoms with Crippen molar-refractivity contribution in [2.45, 2.75) is 25.7 Å². The minimum absolute atomic E-state index is 0.127. The van der Waals surface area contributed by atoms with E-state index in [1.807, 2.05) is 11.8 Å². The molecule has 4 nitrogen and oxygen atoms in total. The quantitative estimate of drug-likeness (QED) is 0.846. The van der Waals surface area contributed by atoms with E-state index in [2.05, 4.69) is 4.98 Å². The third-order valence-corrected chi connectivity index (χ3v) is 3.64. The van der Waals surface area contributed by atoms with Crippen LogP contribution in [0.25, 0.3) is 0 Å². The Kier molecular flexibility index (Phi) is 4.07. The number of hydrogen-bond donors (Lipinski definition) is 0. The van der Waals surface area contributed by atoms with Gasteiger partial charge in [-0.1, -0.05) is 11.6 Å². The maximum atomic E-state index is 12.3. The lowest BCUT2D eigenvalue weighted by atomic mass is 10.0. The van der Waals surface area contributed by atoms with Crippen LogP contribution in [-0.2, 0) is 4.79 Å². The van der Waals surface area contributed by atoms with Crippen LogP contribution in [0.15, 0.2) is 12.3 Å². The molecule has 2 rings (SSSR count). The molecule has 0 bridgehead atoms. The van der Waals surface area contributed by atoms with Gasteiger partial charge in [-0.05, 0) is 25.3 Å². The summed E-state index contributed by atoms with van der Waals surface area (Å²) in [5.41, 5.74) is 0.778. The Morgan fingerprint density at radius 2 is 2.17 bits per heavy atom. The smallest absolute Gasteiger partial charge is 0.229 e. The summed E-state index contributed by atoms with van der Waals surface area (Å²) in [6, 6.07) is 1.74. The molecule has 1 amide bonds. The normalized spacial score (nSPS) is 16.7. The van der Waals surface area contributed by atoms with Gasteiger partial charge in [0.15, 0.2) is 0 Å². The van der Waals surface area contributed by atoms with E-state index in [9.17, 15) is 4.79 Å². The Morgan fingerprint density at radius 3 is 2.78 bits per heavy atom. The summed E-state index contributed by atoms with van der Waals surface area (Å²) in [5, 5.41) is 0.510. The molecule has 5 heteroatoms. The molecule has 0 spiro atoms. The molecule has 18 heavy (non-hydrogen) atoms. The Morgan fingerprint density at radius 1 is 1.50 bits per heavy atom. The first kappa shape index (κ1) is 13.1. The van der Waals surface area contributed by atoms with E-state index in [4.69, 9.17) is 16.3 Å². The van der Waals surface area contributed by atoms with Crippen LogP contribution < -0.4 is 4.74 Å². The van der Waals surface area contributed by atoms with Crippen molar-refractivity contribution in [2.24, 2.45) is 0 Å². The lowest BCUT2D eigenvalue weighted by Gasteiger charge is -2.21. The van der Waals surface area contributed by atoms with E-state index in [1.165, 1.54) is 6.20 Å². The highest BCUT2D eigenvalue weighted by Gasteiger charge is 2.26. The molecule has 1 atom stereocenters. The zero-order chi connectivity index (χ0) is 13.1. The van der Waals surface area contributed by atoms with Gasteiger partial charge in [0.25, 0.3) is 0 Å². The van der Waals surface area contributed by atoms with Crippen LogP contribution in [0, 0.1) is 0 Å². The molecule has 1 saturated heterocycles. The first-order valence-electron chi connectivity index (χ1n) is 6.11. The van der Waals surface area contributed by atoms with Crippen LogP contribution in [0.2, 0.25) is 5.02 Å². The number of carbonyl (C=O) groups is 1. The second kappa shape index (κ2) is 5.57. The van der Waals surface area contributed by atoms with Gasteiger partial charge in [0.1, 0.15) is 0 Å². The maximum absolute atomic E-state index is 12.3. The first-order chi connectivity index (χ1) is 8.63. The summed E-state index contributed by atoms with van der Waals surface area (Å²) in [4.78, 5) is 18.2. The van der Waals surface area contributed by atoms with Crippen molar-refractivity contribution in [2.75, 3.05) is 20.2 Å². The number of ether oxygens (including phenoxy) is 1. The average Bonchev–Trinajstić information content (AvgIpc) is 2.91. The molecular formula is C13H17ClN2O2. The Hall–Kier alpha value is -1.29. The number of rotatable bonds is 3. The molecule has 0 radical (unpaired) electrons. The third kappa shape index (κ3) is 2.58. The Labute approximate surface area is 112 Å². The van der Waals surface area contributed by atoms with Crippen molar-refractivity contribution >= 4 is 17.5 Å². The van der Waals surface area contributed by atoms with E-state index < -0.39 is 0 Å². The van der Waals surface area contributed by atoms with Crippen LogP contribution in [0.4, 0.5) is 0 Å². The van der Waals surface area contributed by atoms with Gasteiger partial charge in [0, 0.05) is 25.4 Å². The fourth-order valence-corrected chi connectivity index (χ4v) is 2.49. The number of likely N-dealkylation sites (tertiary alicyclic amines) is 1. The molecule has 0 aliphatic carbocycles. The van der Waals surface area contributed by atoms with Crippen molar-refractivity contribution in [3.63, 3.8) is 0 Å². The number of amides is 1. The summed E-state index contributed by atoms with van der Waals surface area (Å²) in [7, 11) is 1.55. The van der Waals surface area contributed by atoms with Crippen LogP contribution in [0.1, 0.15) is 31.2 Å². The highest BCUT2D eigenvalue weighted by atomic mass is 35.5. The predicted molar refractivity (Wildman–Crippen MR) is 70.0 cm³/mol. The van der Waals surface area contributed by atoms with Gasteiger partial charge in [-0.3, -0.25) is 4.79 Å². The SMILES string of the molecule is COc1cc([C@@H](C)C(=O)N2CCCC2)c(Cl)cn1. The van der Waals surface area contributed by atoms with Gasteiger partial charge in [-0.2, -0.15) is 0 Å². The highest BCUT2D eigenvalue weighted by molar-refractivity contribution is 6.31.